The minimum Gasteiger partial charge on any atom is -0.389 e. The number of halogens is 2. The summed E-state index contributed by atoms with van der Waals surface area (Å²) in [4.78, 5) is 15.5. The summed E-state index contributed by atoms with van der Waals surface area (Å²) >= 11 is 9.53. The number of amides is 1. The van der Waals surface area contributed by atoms with Crippen LogP contribution in [0, 0.1) is 0 Å². The van der Waals surface area contributed by atoms with Crippen LogP contribution in [0.3, 0.4) is 0 Å². The third-order valence-corrected chi connectivity index (χ3v) is 1.53. The fourth-order valence-electron chi connectivity index (χ4n) is 0.913. The Morgan fingerprint density at radius 3 is 2.73 bits per heavy atom. The monoisotopic (exact) mass is 256 g/mol. The van der Waals surface area contributed by atoms with Crippen molar-refractivity contribution in [1.82, 2.24) is 0 Å². The van der Waals surface area contributed by atoms with E-state index in [1.54, 1.807) is 0 Å². The van der Waals surface area contributed by atoms with Crippen molar-refractivity contribution in [1.29, 1.82) is 0 Å². The van der Waals surface area contributed by atoms with Gasteiger partial charge in [0.2, 0.25) is 0 Å². The summed E-state index contributed by atoms with van der Waals surface area (Å²) in [6, 6.07) is 0. The lowest BCUT2D eigenvalue weighted by atomic mass is 10.2. The van der Waals surface area contributed by atoms with Crippen molar-refractivity contribution in [2.75, 3.05) is 18.6 Å². The van der Waals surface area contributed by atoms with E-state index in [-0.39, 0.29) is 11.4 Å². The maximum atomic E-state index is 10.6. The maximum absolute atomic E-state index is 10.6. The van der Waals surface area contributed by atoms with Crippen molar-refractivity contribution in [2.24, 2.45) is 10.9 Å². The summed E-state index contributed by atoms with van der Waals surface area (Å²) in [7, 11) is 0. The lowest BCUT2D eigenvalue weighted by Gasteiger charge is -2.06. The molecule has 7 heteroatoms. The number of hydrogen-bond acceptors (Lipinski definition) is 4. The second-order valence-corrected chi connectivity index (χ2v) is 3.40. The van der Waals surface area contributed by atoms with E-state index >= 15 is 0 Å². The van der Waals surface area contributed by atoms with Gasteiger partial charge in [0.1, 0.15) is 5.71 Å². The highest BCUT2D eigenvalue weighted by molar-refractivity contribution is 6.40. The molecule has 5 nitrogen and oxygen atoms in total. The van der Waals surface area contributed by atoms with Gasteiger partial charge < -0.3 is 15.3 Å². The van der Waals surface area contributed by atoms with Crippen LogP contribution in [0.4, 0.5) is 0 Å². The second-order valence-electron chi connectivity index (χ2n) is 2.59. The van der Waals surface area contributed by atoms with Crippen LogP contribution in [0.2, 0.25) is 0 Å². The standard InChI is InChI=1S/C7H12N2O3.CH2Cl2/c1-2-11-4-5-3-6(7(8)10)9-12-5;2-1-3/h5H,2-4H2,1H3,(H2,8,10);1H2. The Hall–Kier alpha value is -0.520. The first-order chi connectivity index (χ1) is 7.15. The molecule has 1 aliphatic heterocycles. The minimum atomic E-state index is -0.519. The van der Waals surface area contributed by atoms with Gasteiger partial charge >= 0.3 is 0 Å². The molecule has 0 aromatic rings. The van der Waals surface area contributed by atoms with E-state index in [1.165, 1.54) is 0 Å². The summed E-state index contributed by atoms with van der Waals surface area (Å²) in [6.07, 6.45) is 0.308. The molecule has 1 heterocycles. The molecule has 0 spiro atoms. The highest BCUT2D eigenvalue weighted by atomic mass is 35.5. The number of primary amides is 1. The van der Waals surface area contributed by atoms with Gasteiger partial charge in [-0.1, -0.05) is 5.16 Å². The van der Waals surface area contributed by atoms with Crippen LogP contribution in [0.15, 0.2) is 5.16 Å². The summed E-state index contributed by atoms with van der Waals surface area (Å²) in [5.41, 5.74) is 5.29. The van der Waals surface area contributed by atoms with Crippen molar-refractivity contribution in [3.8, 4) is 0 Å². The van der Waals surface area contributed by atoms with E-state index in [4.69, 9.17) is 38.5 Å². The Balaban J connectivity index is 0.000000583. The zero-order chi connectivity index (χ0) is 11.7. The maximum Gasteiger partial charge on any atom is 0.266 e. The van der Waals surface area contributed by atoms with Crippen molar-refractivity contribution >= 4 is 34.8 Å². The first kappa shape index (κ1) is 14.5. The number of alkyl halides is 2. The molecule has 0 aromatic carbocycles. The molecule has 0 saturated carbocycles. The van der Waals surface area contributed by atoms with Gasteiger partial charge in [0.15, 0.2) is 6.10 Å². The van der Waals surface area contributed by atoms with Crippen LogP contribution >= 0.6 is 23.2 Å². The third-order valence-electron chi connectivity index (χ3n) is 1.53. The van der Waals surface area contributed by atoms with Crippen LogP contribution in [-0.2, 0) is 14.4 Å². The second kappa shape index (κ2) is 8.76. The molecule has 1 rings (SSSR count). The number of rotatable bonds is 4. The van der Waals surface area contributed by atoms with Gasteiger partial charge in [-0.3, -0.25) is 4.79 Å². The highest BCUT2D eigenvalue weighted by Crippen LogP contribution is 2.10. The quantitative estimate of drug-likeness (QED) is 0.765. The Morgan fingerprint density at radius 1 is 1.73 bits per heavy atom. The van der Waals surface area contributed by atoms with Crippen LogP contribution in [0.1, 0.15) is 13.3 Å². The zero-order valence-electron chi connectivity index (χ0n) is 8.41. The van der Waals surface area contributed by atoms with Crippen molar-refractivity contribution in [2.45, 2.75) is 19.4 Å². The van der Waals surface area contributed by atoms with Crippen LogP contribution < -0.4 is 5.73 Å². The molecule has 88 valence electrons. The van der Waals surface area contributed by atoms with E-state index in [0.29, 0.717) is 25.3 Å². The fraction of sp³-hybridized carbons (Fsp3) is 0.750. The number of ether oxygens (including phenoxy) is 1. The summed E-state index contributed by atoms with van der Waals surface area (Å²) in [6.45, 7) is 2.98. The molecule has 0 bridgehead atoms. The molecule has 0 radical (unpaired) electrons. The largest absolute Gasteiger partial charge is 0.389 e. The first-order valence-electron chi connectivity index (χ1n) is 4.37. The number of nitrogens with zero attached hydrogens (tertiary/aromatic N) is 1. The predicted octanol–water partition coefficient (Wildman–Crippen LogP) is 1.07. The minimum absolute atomic E-state index is 0.146. The molecule has 1 atom stereocenters. The number of carbonyl (C=O) groups is 1. The van der Waals surface area contributed by atoms with E-state index in [0.717, 1.165) is 0 Å². The average Bonchev–Trinajstić information content (AvgIpc) is 2.64. The van der Waals surface area contributed by atoms with Crippen LogP contribution in [-0.4, -0.2) is 36.3 Å². The fourth-order valence-corrected chi connectivity index (χ4v) is 0.913. The number of oxime groups is 1. The third kappa shape index (κ3) is 6.54. The number of hydrogen-bond donors (Lipinski definition) is 1. The van der Waals surface area contributed by atoms with Gasteiger partial charge in [-0.05, 0) is 6.92 Å². The smallest absolute Gasteiger partial charge is 0.266 e. The molecule has 0 saturated heterocycles. The van der Waals surface area contributed by atoms with Crippen molar-refractivity contribution in [3.63, 3.8) is 0 Å². The van der Waals surface area contributed by atoms with Gasteiger partial charge in [-0.25, -0.2) is 0 Å². The summed E-state index contributed by atoms with van der Waals surface area (Å²) < 4.78 is 5.10. The highest BCUT2D eigenvalue weighted by Gasteiger charge is 2.24. The lowest BCUT2D eigenvalue weighted by molar-refractivity contribution is -0.112. The van der Waals surface area contributed by atoms with Crippen molar-refractivity contribution < 1.29 is 14.4 Å². The average molecular weight is 257 g/mol. The molecule has 15 heavy (non-hydrogen) atoms. The molecule has 1 aliphatic rings. The SMILES string of the molecule is CCOCC1CC(C(N)=O)=NO1.ClCCl. The van der Waals surface area contributed by atoms with E-state index < -0.39 is 5.91 Å². The zero-order valence-corrected chi connectivity index (χ0v) is 9.92. The normalized spacial score (nSPS) is 18.6. The lowest BCUT2D eigenvalue weighted by Crippen LogP contribution is -2.24. The first-order valence-corrected chi connectivity index (χ1v) is 5.44. The number of carbonyl (C=O) groups excluding carboxylic acids is 1. The van der Waals surface area contributed by atoms with Crippen molar-refractivity contribution in [3.05, 3.63) is 0 Å². The summed E-state index contributed by atoms with van der Waals surface area (Å²) in [5.74, 6) is -0.519. The topological polar surface area (TPSA) is 73.9 Å². The van der Waals surface area contributed by atoms with Gasteiger partial charge in [-0.15, -0.1) is 23.2 Å². The molecule has 0 aliphatic carbocycles. The van der Waals surface area contributed by atoms with Crippen LogP contribution in [0.5, 0.6) is 0 Å². The van der Waals surface area contributed by atoms with Crippen LogP contribution in [0.25, 0.3) is 0 Å². The van der Waals surface area contributed by atoms with Gasteiger partial charge in [0, 0.05) is 13.0 Å². The molecule has 1 unspecified atom stereocenters. The van der Waals surface area contributed by atoms with Gasteiger partial charge in [-0.2, -0.15) is 0 Å². The number of nitrogens with two attached hydrogens (primary N) is 1. The Kier molecular flexibility index (Phi) is 8.46. The molecule has 0 fully saturated rings. The van der Waals surface area contributed by atoms with Gasteiger partial charge in [0.05, 0.1) is 11.9 Å². The van der Waals surface area contributed by atoms with Gasteiger partial charge in [0.25, 0.3) is 5.91 Å². The van der Waals surface area contributed by atoms with E-state index in [2.05, 4.69) is 5.16 Å². The molecule has 2 N–H and O–H groups in total. The molecular weight excluding hydrogens is 243 g/mol. The Morgan fingerprint density at radius 2 is 2.33 bits per heavy atom. The van der Waals surface area contributed by atoms with E-state index in [9.17, 15) is 4.79 Å². The Labute approximate surface area is 98.5 Å². The summed E-state index contributed by atoms with van der Waals surface area (Å²) in [5, 5.41) is 3.73. The van der Waals surface area contributed by atoms with E-state index in [1.807, 2.05) is 6.92 Å². The molecule has 0 aromatic heterocycles. The predicted molar refractivity (Wildman–Crippen MR) is 59.2 cm³/mol. The Bertz CT molecular complexity index is 224. The molecule has 1 amide bonds. The molecular formula is C8H14Cl2N2O3.